The molecule has 0 amide bonds. The molecule has 0 unspecified atom stereocenters. The Morgan fingerprint density at radius 2 is 1.69 bits per heavy atom. The lowest BCUT2D eigenvalue weighted by molar-refractivity contribution is -0.299. The molecule has 1 heterocycles. The summed E-state index contributed by atoms with van der Waals surface area (Å²) in [5, 5.41) is 14.2. The van der Waals surface area contributed by atoms with Crippen molar-refractivity contribution in [1.82, 2.24) is 9.36 Å². The van der Waals surface area contributed by atoms with Gasteiger partial charge in [-0.1, -0.05) is 34.1 Å². The number of para-hydroxylation sites is 1. The Kier molecular flexibility index (Phi) is 5.84. The van der Waals surface area contributed by atoms with Crippen LogP contribution in [0.25, 0.3) is 5.69 Å². The number of aliphatic carboxylic acids is 1. The zero-order chi connectivity index (χ0) is 21.1. The second kappa shape index (κ2) is 8.32. The van der Waals surface area contributed by atoms with Gasteiger partial charge in [-0.2, -0.15) is 0 Å². The quantitative estimate of drug-likeness (QED) is 0.454. The minimum Gasteiger partial charge on any atom is -0.543 e. The van der Waals surface area contributed by atoms with Crippen LogP contribution in [0.4, 0.5) is 5.69 Å². The van der Waals surface area contributed by atoms with Gasteiger partial charge in [0.05, 0.1) is 23.0 Å². The van der Waals surface area contributed by atoms with Crippen LogP contribution in [-0.2, 0) is 11.8 Å². The molecule has 0 atom stereocenters. The van der Waals surface area contributed by atoms with Crippen molar-refractivity contribution in [2.45, 2.75) is 6.92 Å². The SMILES string of the molecule is Cc1c(N/C(=C/C(=O)c2ccc(Br)cc2)C(=O)[O-])c(=O)n(-c2ccccc2)n1C. The number of aromatic nitrogens is 2. The molecule has 0 fully saturated rings. The molecule has 8 heteroatoms. The van der Waals surface area contributed by atoms with Gasteiger partial charge < -0.3 is 15.2 Å². The average molecular weight is 455 g/mol. The summed E-state index contributed by atoms with van der Waals surface area (Å²) < 4.78 is 3.79. The van der Waals surface area contributed by atoms with Crippen LogP contribution in [-0.4, -0.2) is 21.1 Å². The van der Waals surface area contributed by atoms with Gasteiger partial charge in [-0.15, -0.1) is 0 Å². The Labute approximate surface area is 175 Å². The minimum atomic E-state index is -1.59. The third-order valence-electron chi connectivity index (χ3n) is 4.44. The number of allylic oxidation sites excluding steroid dienone is 1. The molecule has 0 bridgehead atoms. The molecule has 1 aromatic heterocycles. The molecule has 3 rings (SSSR count). The van der Waals surface area contributed by atoms with Gasteiger partial charge >= 0.3 is 0 Å². The Hall–Kier alpha value is -3.39. The summed E-state index contributed by atoms with van der Waals surface area (Å²) in [7, 11) is 1.68. The number of hydrogen-bond donors (Lipinski definition) is 1. The molecule has 0 radical (unpaired) electrons. The maximum atomic E-state index is 12.9. The highest BCUT2D eigenvalue weighted by atomic mass is 79.9. The molecular formula is C21H17BrN3O4-. The van der Waals surface area contributed by atoms with Gasteiger partial charge in [0.15, 0.2) is 5.78 Å². The normalized spacial score (nSPS) is 11.3. The van der Waals surface area contributed by atoms with E-state index >= 15 is 0 Å². The Balaban J connectivity index is 2.00. The number of ketones is 1. The van der Waals surface area contributed by atoms with Gasteiger partial charge in [0.2, 0.25) is 0 Å². The van der Waals surface area contributed by atoms with Gasteiger partial charge in [0.1, 0.15) is 5.69 Å². The zero-order valence-corrected chi connectivity index (χ0v) is 17.3. The van der Waals surface area contributed by atoms with Crippen LogP contribution in [0.3, 0.4) is 0 Å². The molecule has 0 saturated heterocycles. The Morgan fingerprint density at radius 3 is 2.28 bits per heavy atom. The molecule has 0 aliphatic rings. The Morgan fingerprint density at radius 1 is 1.07 bits per heavy atom. The van der Waals surface area contributed by atoms with Crippen molar-refractivity contribution in [2.24, 2.45) is 7.05 Å². The highest BCUT2D eigenvalue weighted by Crippen LogP contribution is 2.17. The van der Waals surface area contributed by atoms with Crippen molar-refractivity contribution in [1.29, 1.82) is 0 Å². The molecule has 2 aromatic carbocycles. The standard InChI is InChI=1S/C21H18BrN3O4/c1-13-19(20(27)25(24(13)2)16-6-4-3-5-7-16)23-17(21(28)29)12-18(26)14-8-10-15(22)11-9-14/h3-12,23H,1-2H3,(H,28,29)/p-1/b17-12+. The fourth-order valence-corrected chi connectivity index (χ4v) is 3.09. The maximum Gasteiger partial charge on any atom is 0.295 e. The molecule has 1 N–H and O–H groups in total. The van der Waals surface area contributed by atoms with Crippen molar-refractivity contribution in [3.05, 3.63) is 92.5 Å². The largest absolute Gasteiger partial charge is 0.543 e. The number of carbonyl (C=O) groups is 2. The monoisotopic (exact) mass is 454 g/mol. The summed E-state index contributed by atoms with van der Waals surface area (Å²) in [6.45, 7) is 1.67. The number of benzene rings is 2. The molecular weight excluding hydrogens is 438 g/mol. The molecule has 0 aliphatic heterocycles. The number of nitrogens with one attached hydrogen (secondary N) is 1. The summed E-state index contributed by atoms with van der Waals surface area (Å²) in [5.74, 6) is -2.12. The molecule has 0 saturated carbocycles. The fraction of sp³-hybridized carbons (Fsp3) is 0.0952. The number of carboxylic acids is 1. The van der Waals surface area contributed by atoms with E-state index in [2.05, 4.69) is 21.2 Å². The third-order valence-corrected chi connectivity index (χ3v) is 4.97. The number of anilines is 1. The Bertz CT molecular complexity index is 1160. The summed E-state index contributed by atoms with van der Waals surface area (Å²) in [4.78, 5) is 36.9. The summed E-state index contributed by atoms with van der Waals surface area (Å²) in [6.07, 6.45) is 0.914. The average Bonchev–Trinajstić information content (AvgIpc) is 2.91. The summed E-state index contributed by atoms with van der Waals surface area (Å²) >= 11 is 3.27. The highest BCUT2D eigenvalue weighted by Gasteiger charge is 2.18. The summed E-state index contributed by atoms with van der Waals surface area (Å²) in [6, 6.07) is 15.4. The van der Waals surface area contributed by atoms with E-state index in [-0.39, 0.29) is 5.69 Å². The van der Waals surface area contributed by atoms with Gasteiger partial charge in [0, 0.05) is 23.2 Å². The van der Waals surface area contributed by atoms with E-state index in [0.717, 1.165) is 10.5 Å². The van der Waals surface area contributed by atoms with E-state index < -0.39 is 23.0 Å². The topological polar surface area (TPSA) is 96.2 Å². The van der Waals surface area contributed by atoms with Crippen molar-refractivity contribution < 1.29 is 14.7 Å². The lowest BCUT2D eigenvalue weighted by atomic mass is 10.1. The maximum absolute atomic E-state index is 12.9. The van der Waals surface area contributed by atoms with Crippen LogP contribution < -0.4 is 16.0 Å². The molecule has 0 aliphatic carbocycles. The van der Waals surface area contributed by atoms with Gasteiger partial charge in [-0.25, -0.2) is 4.68 Å². The fourth-order valence-electron chi connectivity index (χ4n) is 2.82. The minimum absolute atomic E-state index is 0.0513. The first-order valence-electron chi connectivity index (χ1n) is 8.63. The second-order valence-corrected chi connectivity index (χ2v) is 7.19. The van der Waals surface area contributed by atoms with Gasteiger partial charge in [-0.3, -0.25) is 14.3 Å². The number of rotatable bonds is 6. The van der Waals surface area contributed by atoms with Crippen LogP contribution in [0.5, 0.6) is 0 Å². The lowest BCUT2D eigenvalue weighted by Gasteiger charge is -2.11. The van der Waals surface area contributed by atoms with Crippen LogP contribution in [0.2, 0.25) is 0 Å². The van der Waals surface area contributed by atoms with Crippen molar-refractivity contribution in [3.8, 4) is 5.69 Å². The predicted octanol–water partition coefficient (Wildman–Crippen LogP) is 2.18. The second-order valence-electron chi connectivity index (χ2n) is 6.28. The van der Waals surface area contributed by atoms with Crippen LogP contribution >= 0.6 is 15.9 Å². The number of carboxylic acid groups (broad SMARTS) is 1. The molecule has 3 aromatic rings. The van der Waals surface area contributed by atoms with Crippen molar-refractivity contribution >= 4 is 33.4 Å². The van der Waals surface area contributed by atoms with Crippen LogP contribution in [0, 0.1) is 6.92 Å². The molecule has 0 spiro atoms. The van der Waals surface area contributed by atoms with E-state index in [1.807, 2.05) is 6.07 Å². The van der Waals surface area contributed by atoms with E-state index in [0.29, 0.717) is 16.9 Å². The first-order valence-corrected chi connectivity index (χ1v) is 9.43. The predicted molar refractivity (Wildman–Crippen MR) is 111 cm³/mol. The zero-order valence-electron chi connectivity index (χ0n) is 15.7. The van der Waals surface area contributed by atoms with E-state index in [1.165, 1.54) is 4.68 Å². The van der Waals surface area contributed by atoms with Crippen molar-refractivity contribution in [2.75, 3.05) is 5.32 Å². The third kappa shape index (κ3) is 4.22. The number of carbonyl (C=O) groups excluding carboxylic acids is 2. The molecule has 148 valence electrons. The number of halogens is 1. The van der Waals surface area contributed by atoms with Crippen LogP contribution in [0.15, 0.2) is 75.6 Å². The van der Waals surface area contributed by atoms with E-state index in [1.54, 1.807) is 67.2 Å². The lowest BCUT2D eigenvalue weighted by Crippen LogP contribution is -2.30. The number of nitrogens with zero attached hydrogens (tertiary/aromatic N) is 2. The van der Waals surface area contributed by atoms with Gasteiger partial charge in [0.25, 0.3) is 5.56 Å². The van der Waals surface area contributed by atoms with Crippen LogP contribution in [0.1, 0.15) is 16.1 Å². The summed E-state index contributed by atoms with van der Waals surface area (Å²) in [5.41, 5.74) is 0.544. The first kappa shape index (κ1) is 20.3. The van der Waals surface area contributed by atoms with E-state index in [4.69, 9.17) is 0 Å². The van der Waals surface area contributed by atoms with Gasteiger partial charge in [-0.05, 0) is 43.3 Å². The smallest absolute Gasteiger partial charge is 0.295 e. The molecule has 29 heavy (non-hydrogen) atoms. The number of hydrogen-bond acceptors (Lipinski definition) is 5. The first-order chi connectivity index (χ1) is 13.8. The van der Waals surface area contributed by atoms with E-state index in [9.17, 15) is 19.5 Å². The molecule has 7 nitrogen and oxygen atoms in total. The van der Waals surface area contributed by atoms with Crippen molar-refractivity contribution in [3.63, 3.8) is 0 Å². The highest BCUT2D eigenvalue weighted by molar-refractivity contribution is 9.10.